The summed E-state index contributed by atoms with van der Waals surface area (Å²) in [6.45, 7) is 0. The monoisotopic (exact) mass is 383 g/mol. The fraction of sp³-hybridized carbons (Fsp3) is 0. The standard InChI is InChI=1S/C20H14ClN3O.ClH/c21-16-7-6-15(12-17(16)25)19-18(13-8-10-22-11-9-13)23-20(24-19)14-4-2-1-3-5-14;/h1-12,25H,(H,23,24);1H. The summed E-state index contributed by atoms with van der Waals surface area (Å²) in [5, 5.41) is 10.3. The Hall–Kier alpha value is -2.82. The van der Waals surface area contributed by atoms with E-state index in [-0.39, 0.29) is 18.2 Å². The van der Waals surface area contributed by atoms with Gasteiger partial charge in [-0.25, -0.2) is 4.98 Å². The summed E-state index contributed by atoms with van der Waals surface area (Å²) in [6, 6.07) is 18.9. The molecule has 0 amide bonds. The summed E-state index contributed by atoms with van der Waals surface area (Å²) < 4.78 is 0. The van der Waals surface area contributed by atoms with Crippen LogP contribution >= 0.6 is 24.0 Å². The van der Waals surface area contributed by atoms with E-state index in [1.165, 1.54) is 0 Å². The third-order valence-corrected chi connectivity index (χ3v) is 4.26. The van der Waals surface area contributed by atoms with Crippen molar-refractivity contribution in [2.45, 2.75) is 0 Å². The van der Waals surface area contributed by atoms with Crippen LogP contribution in [0.2, 0.25) is 5.02 Å². The van der Waals surface area contributed by atoms with Crippen molar-refractivity contribution in [1.82, 2.24) is 15.0 Å². The number of pyridine rings is 1. The lowest BCUT2D eigenvalue weighted by Crippen LogP contribution is -1.84. The van der Waals surface area contributed by atoms with Gasteiger partial charge in [0.15, 0.2) is 0 Å². The van der Waals surface area contributed by atoms with Gasteiger partial charge in [0.05, 0.1) is 16.4 Å². The molecule has 0 saturated carbocycles. The lowest BCUT2D eigenvalue weighted by molar-refractivity contribution is 0.476. The Bertz CT molecular complexity index is 1020. The van der Waals surface area contributed by atoms with Gasteiger partial charge in [0.25, 0.3) is 0 Å². The molecule has 4 nitrogen and oxygen atoms in total. The highest BCUT2D eigenvalue weighted by Gasteiger charge is 2.16. The van der Waals surface area contributed by atoms with Crippen LogP contribution < -0.4 is 0 Å². The van der Waals surface area contributed by atoms with Crippen molar-refractivity contribution in [2.75, 3.05) is 0 Å². The molecule has 2 aromatic heterocycles. The summed E-state index contributed by atoms with van der Waals surface area (Å²) in [4.78, 5) is 12.2. The maximum absolute atomic E-state index is 9.97. The van der Waals surface area contributed by atoms with E-state index in [9.17, 15) is 5.11 Å². The maximum Gasteiger partial charge on any atom is 0.138 e. The zero-order valence-electron chi connectivity index (χ0n) is 13.6. The van der Waals surface area contributed by atoms with Gasteiger partial charge in [0.1, 0.15) is 11.6 Å². The predicted molar refractivity (Wildman–Crippen MR) is 107 cm³/mol. The first kappa shape index (κ1) is 18.0. The lowest BCUT2D eigenvalue weighted by Gasteiger charge is -2.04. The number of nitrogens with one attached hydrogen (secondary N) is 1. The minimum absolute atomic E-state index is 0. The number of aromatic amines is 1. The van der Waals surface area contributed by atoms with Gasteiger partial charge in [0.2, 0.25) is 0 Å². The fourth-order valence-corrected chi connectivity index (χ4v) is 2.82. The molecular formula is C20H15Cl2N3O. The van der Waals surface area contributed by atoms with Gasteiger partial charge in [-0.05, 0) is 24.3 Å². The van der Waals surface area contributed by atoms with E-state index in [1.54, 1.807) is 24.5 Å². The number of aromatic hydroxyl groups is 1. The fourth-order valence-electron chi connectivity index (χ4n) is 2.70. The van der Waals surface area contributed by atoms with Crippen molar-refractivity contribution in [1.29, 1.82) is 0 Å². The minimum Gasteiger partial charge on any atom is -0.506 e. The zero-order chi connectivity index (χ0) is 17.2. The molecule has 0 aliphatic rings. The second kappa shape index (κ2) is 7.60. The third kappa shape index (κ3) is 3.43. The number of hydrogen-bond acceptors (Lipinski definition) is 3. The van der Waals surface area contributed by atoms with E-state index < -0.39 is 0 Å². The number of nitrogens with zero attached hydrogens (tertiary/aromatic N) is 2. The highest BCUT2D eigenvalue weighted by atomic mass is 35.5. The molecule has 0 spiro atoms. The van der Waals surface area contributed by atoms with E-state index >= 15 is 0 Å². The molecule has 0 radical (unpaired) electrons. The van der Waals surface area contributed by atoms with Crippen LogP contribution in [0.25, 0.3) is 33.9 Å². The number of H-pyrrole nitrogens is 1. The number of phenols is 1. The van der Waals surface area contributed by atoms with Gasteiger partial charge in [0, 0.05) is 29.1 Å². The van der Waals surface area contributed by atoms with Crippen molar-refractivity contribution >= 4 is 24.0 Å². The summed E-state index contributed by atoms with van der Waals surface area (Å²) in [6.07, 6.45) is 3.48. The van der Waals surface area contributed by atoms with Gasteiger partial charge < -0.3 is 10.1 Å². The second-order valence-electron chi connectivity index (χ2n) is 5.58. The predicted octanol–water partition coefficient (Wildman–Crippen LogP) is 5.59. The molecule has 2 aromatic carbocycles. The summed E-state index contributed by atoms with van der Waals surface area (Å²) in [5.41, 5.74) is 4.35. The van der Waals surface area contributed by atoms with E-state index in [2.05, 4.69) is 9.97 Å². The molecule has 6 heteroatoms. The molecule has 130 valence electrons. The van der Waals surface area contributed by atoms with Crippen LogP contribution in [-0.2, 0) is 0 Å². The number of halogens is 2. The van der Waals surface area contributed by atoms with Gasteiger partial charge in [-0.1, -0.05) is 48.0 Å². The Morgan fingerprint density at radius 2 is 1.58 bits per heavy atom. The first-order valence-corrected chi connectivity index (χ1v) is 8.15. The molecule has 2 N–H and O–H groups in total. The molecule has 0 atom stereocenters. The Kier molecular flexibility index (Phi) is 5.26. The van der Waals surface area contributed by atoms with Gasteiger partial charge >= 0.3 is 0 Å². The van der Waals surface area contributed by atoms with E-state index in [0.717, 1.165) is 33.9 Å². The highest BCUT2D eigenvalue weighted by molar-refractivity contribution is 6.32. The summed E-state index contributed by atoms with van der Waals surface area (Å²) >= 11 is 5.94. The van der Waals surface area contributed by atoms with Gasteiger partial charge in [-0.15, -0.1) is 12.4 Å². The Balaban J connectivity index is 0.00000196. The molecule has 0 bridgehead atoms. The molecule has 0 fully saturated rings. The molecule has 0 unspecified atom stereocenters. The highest BCUT2D eigenvalue weighted by Crippen LogP contribution is 2.35. The van der Waals surface area contributed by atoms with Crippen LogP contribution in [0, 0.1) is 0 Å². The van der Waals surface area contributed by atoms with Gasteiger partial charge in [-0.3, -0.25) is 4.98 Å². The number of rotatable bonds is 3. The van der Waals surface area contributed by atoms with Crippen molar-refractivity contribution in [2.24, 2.45) is 0 Å². The number of phenolic OH excluding ortho intramolecular Hbond substituents is 1. The normalized spacial score (nSPS) is 10.3. The SMILES string of the molecule is Cl.Oc1cc(-c2nc(-c3ccccc3)[nH]c2-c2ccncc2)ccc1Cl. The Morgan fingerprint density at radius 3 is 2.27 bits per heavy atom. The largest absolute Gasteiger partial charge is 0.506 e. The van der Waals surface area contributed by atoms with Crippen LogP contribution in [0.5, 0.6) is 5.75 Å². The number of benzene rings is 2. The van der Waals surface area contributed by atoms with Crippen LogP contribution in [0.15, 0.2) is 73.1 Å². The minimum atomic E-state index is 0. The molecule has 0 aliphatic carbocycles. The molecule has 0 saturated heterocycles. The quantitative estimate of drug-likeness (QED) is 0.484. The van der Waals surface area contributed by atoms with Crippen LogP contribution in [-0.4, -0.2) is 20.1 Å². The van der Waals surface area contributed by atoms with Crippen molar-refractivity contribution in [3.05, 3.63) is 78.1 Å². The summed E-state index contributed by atoms with van der Waals surface area (Å²) in [7, 11) is 0. The average molecular weight is 384 g/mol. The Labute approximate surface area is 162 Å². The third-order valence-electron chi connectivity index (χ3n) is 3.94. The van der Waals surface area contributed by atoms with Crippen LogP contribution in [0.4, 0.5) is 0 Å². The molecule has 0 aliphatic heterocycles. The van der Waals surface area contributed by atoms with E-state index in [0.29, 0.717) is 5.02 Å². The number of hydrogen-bond donors (Lipinski definition) is 2. The number of aromatic nitrogens is 3. The second-order valence-corrected chi connectivity index (χ2v) is 5.98. The molecule has 4 aromatic rings. The topological polar surface area (TPSA) is 61.8 Å². The van der Waals surface area contributed by atoms with E-state index in [1.807, 2.05) is 48.5 Å². The molecule has 26 heavy (non-hydrogen) atoms. The zero-order valence-corrected chi connectivity index (χ0v) is 15.1. The summed E-state index contributed by atoms with van der Waals surface area (Å²) in [5.74, 6) is 0.793. The van der Waals surface area contributed by atoms with Crippen LogP contribution in [0.1, 0.15) is 0 Å². The average Bonchev–Trinajstić information content (AvgIpc) is 3.11. The number of imidazole rings is 1. The molecule has 4 rings (SSSR count). The van der Waals surface area contributed by atoms with E-state index in [4.69, 9.17) is 16.6 Å². The van der Waals surface area contributed by atoms with Crippen molar-refractivity contribution in [3.8, 4) is 39.7 Å². The van der Waals surface area contributed by atoms with Gasteiger partial charge in [-0.2, -0.15) is 0 Å². The smallest absolute Gasteiger partial charge is 0.138 e. The molecular weight excluding hydrogens is 369 g/mol. The first-order valence-electron chi connectivity index (χ1n) is 7.77. The van der Waals surface area contributed by atoms with Crippen molar-refractivity contribution < 1.29 is 5.11 Å². The van der Waals surface area contributed by atoms with Crippen LogP contribution in [0.3, 0.4) is 0 Å². The van der Waals surface area contributed by atoms with Crippen molar-refractivity contribution in [3.63, 3.8) is 0 Å². The first-order chi connectivity index (χ1) is 12.2. The molecule has 2 heterocycles. The lowest BCUT2D eigenvalue weighted by atomic mass is 10.1. The Morgan fingerprint density at radius 1 is 0.846 bits per heavy atom. The maximum atomic E-state index is 9.97.